The Morgan fingerprint density at radius 2 is 1.92 bits per heavy atom. The van der Waals surface area contributed by atoms with Crippen molar-refractivity contribution in [2.75, 3.05) is 33.9 Å². The molecule has 37 heavy (non-hydrogen) atoms. The summed E-state index contributed by atoms with van der Waals surface area (Å²) in [4.78, 5) is 10.4. The van der Waals surface area contributed by atoms with Crippen molar-refractivity contribution in [2.45, 2.75) is 37.4 Å². The van der Waals surface area contributed by atoms with E-state index in [1.807, 2.05) is 38.2 Å². The quantitative estimate of drug-likeness (QED) is 0.478. The number of rotatable bonds is 8. The predicted octanol–water partition coefficient (Wildman–Crippen LogP) is 3.05. The van der Waals surface area contributed by atoms with Crippen LogP contribution in [0.5, 0.6) is 11.5 Å². The maximum absolute atomic E-state index is 13.7. The van der Waals surface area contributed by atoms with Crippen LogP contribution in [0, 0.1) is 5.92 Å². The van der Waals surface area contributed by atoms with Crippen LogP contribution in [0.1, 0.15) is 19.4 Å². The van der Waals surface area contributed by atoms with Gasteiger partial charge in [0.15, 0.2) is 0 Å². The number of benzene rings is 2. The van der Waals surface area contributed by atoms with Gasteiger partial charge in [-0.15, -0.1) is 0 Å². The molecule has 3 aromatic rings. The molecule has 3 atom stereocenters. The third-order valence-electron chi connectivity index (χ3n) is 6.63. The molecule has 0 saturated carbocycles. The van der Waals surface area contributed by atoms with E-state index < -0.39 is 16.1 Å². The smallest absolute Gasteiger partial charge is 0.247 e. The number of hydrogen-bond donors (Lipinski definition) is 1. The lowest BCUT2D eigenvalue weighted by atomic mass is 10.0. The number of fused-ring (bicyclic) bond motifs is 1. The Balaban J connectivity index is 1.73. The van der Waals surface area contributed by atoms with Crippen molar-refractivity contribution in [3.8, 4) is 22.6 Å². The summed E-state index contributed by atoms with van der Waals surface area (Å²) in [6.45, 7) is 4.83. The van der Waals surface area contributed by atoms with Crippen molar-refractivity contribution < 1.29 is 23.0 Å². The second-order valence-corrected chi connectivity index (χ2v) is 11.4. The van der Waals surface area contributed by atoms with Gasteiger partial charge in [0.05, 0.1) is 13.7 Å². The standard InChI is InChI=1S/C27H34N4O5S/c1-19-14-31(20(2)17-32)37(33,34)27-9-8-23(22-6-5-7-24(10-22)35-4)11-25(27)36-26(19)16-30(3)15-21-12-28-18-29-13-21/h5-13,18-20,26,32H,14-17H2,1-4H3/t19-,20+,26-/m1/s1. The number of nitrogens with zero attached hydrogens (tertiary/aromatic N) is 4. The van der Waals surface area contributed by atoms with Crippen molar-refractivity contribution >= 4 is 10.0 Å². The van der Waals surface area contributed by atoms with E-state index in [0.29, 0.717) is 24.6 Å². The first-order chi connectivity index (χ1) is 17.7. The van der Waals surface area contributed by atoms with Gasteiger partial charge < -0.3 is 14.6 Å². The second-order valence-electron chi connectivity index (χ2n) is 9.58. The first-order valence-corrected chi connectivity index (χ1v) is 13.7. The van der Waals surface area contributed by atoms with Gasteiger partial charge in [-0.1, -0.05) is 25.1 Å². The van der Waals surface area contributed by atoms with E-state index in [1.54, 1.807) is 44.6 Å². The molecule has 2 heterocycles. The summed E-state index contributed by atoms with van der Waals surface area (Å²) < 4.78 is 40.7. The molecule has 1 aromatic heterocycles. The molecule has 9 nitrogen and oxygen atoms in total. The minimum atomic E-state index is -3.91. The Hall–Kier alpha value is -3.05. The van der Waals surface area contributed by atoms with Crippen LogP contribution in [0.4, 0.5) is 0 Å². The lowest BCUT2D eigenvalue weighted by molar-refractivity contribution is 0.0733. The molecule has 0 bridgehead atoms. The molecule has 4 rings (SSSR count). The van der Waals surface area contributed by atoms with Crippen LogP contribution in [-0.4, -0.2) is 78.7 Å². The van der Waals surface area contributed by atoms with E-state index in [4.69, 9.17) is 9.47 Å². The summed E-state index contributed by atoms with van der Waals surface area (Å²) >= 11 is 0. The minimum absolute atomic E-state index is 0.0930. The number of hydrogen-bond acceptors (Lipinski definition) is 8. The van der Waals surface area contributed by atoms with E-state index in [9.17, 15) is 13.5 Å². The van der Waals surface area contributed by atoms with Crippen molar-refractivity contribution in [2.24, 2.45) is 5.92 Å². The topological polar surface area (TPSA) is 105 Å². The van der Waals surface area contributed by atoms with E-state index in [0.717, 1.165) is 16.7 Å². The largest absolute Gasteiger partial charge is 0.497 e. The molecular weight excluding hydrogens is 492 g/mol. The number of methoxy groups -OCH3 is 1. The molecule has 10 heteroatoms. The Bertz CT molecular complexity index is 1310. The molecule has 1 aliphatic rings. The molecule has 0 unspecified atom stereocenters. The van der Waals surface area contributed by atoms with Crippen molar-refractivity contribution in [1.29, 1.82) is 0 Å². The van der Waals surface area contributed by atoms with Crippen LogP contribution >= 0.6 is 0 Å². The monoisotopic (exact) mass is 526 g/mol. The first-order valence-electron chi connectivity index (χ1n) is 12.2. The van der Waals surface area contributed by atoms with Crippen LogP contribution in [0.3, 0.4) is 0 Å². The highest BCUT2D eigenvalue weighted by Crippen LogP contribution is 2.37. The summed E-state index contributed by atoms with van der Waals surface area (Å²) in [5.41, 5.74) is 2.68. The first kappa shape index (κ1) is 27.0. The molecule has 1 N–H and O–H groups in total. The van der Waals surface area contributed by atoms with Gasteiger partial charge in [-0.3, -0.25) is 4.90 Å². The number of sulfonamides is 1. The highest BCUT2D eigenvalue weighted by molar-refractivity contribution is 7.89. The molecule has 0 saturated heterocycles. The lowest BCUT2D eigenvalue weighted by Crippen LogP contribution is -2.49. The summed E-state index contributed by atoms with van der Waals surface area (Å²) in [5.74, 6) is 0.856. The van der Waals surface area contributed by atoms with Gasteiger partial charge in [-0.25, -0.2) is 18.4 Å². The third-order valence-corrected chi connectivity index (χ3v) is 8.65. The number of aliphatic hydroxyl groups is 1. The van der Waals surface area contributed by atoms with Gasteiger partial charge >= 0.3 is 0 Å². The molecule has 198 valence electrons. The number of likely N-dealkylation sites (N-methyl/N-ethyl adjacent to an activating group) is 1. The average Bonchev–Trinajstić information content (AvgIpc) is 2.90. The van der Waals surface area contributed by atoms with Gasteiger partial charge in [-0.05, 0) is 49.4 Å². The molecule has 0 radical (unpaired) electrons. The fourth-order valence-electron chi connectivity index (χ4n) is 4.52. The van der Waals surface area contributed by atoms with E-state index >= 15 is 0 Å². The summed E-state index contributed by atoms with van der Waals surface area (Å²) in [6.07, 6.45) is 4.74. The molecule has 2 aromatic carbocycles. The predicted molar refractivity (Wildman–Crippen MR) is 141 cm³/mol. The molecule has 0 spiro atoms. The average molecular weight is 527 g/mol. The highest BCUT2D eigenvalue weighted by atomic mass is 32.2. The van der Waals surface area contributed by atoms with Crippen LogP contribution in [0.2, 0.25) is 0 Å². The molecule has 0 aliphatic carbocycles. The number of aromatic nitrogens is 2. The van der Waals surface area contributed by atoms with Gasteiger partial charge in [0, 0.05) is 49.6 Å². The Labute approximate surface area is 218 Å². The summed E-state index contributed by atoms with van der Waals surface area (Å²) in [7, 11) is -0.312. The fraction of sp³-hybridized carbons (Fsp3) is 0.407. The summed E-state index contributed by atoms with van der Waals surface area (Å²) in [6, 6.07) is 12.2. The van der Waals surface area contributed by atoms with Gasteiger partial charge in [0.2, 0.25) is 10.0 Å². The van der Waals surface area contributed by atoms with Crippen molar-refractivity contribution in [3.05, 3.63) is 66.7 Å². The van der Waals surface area contributed by atoms with E-state index in [2.05, 4.69) is 14.9 Å². The molecule has 0 fully saturated rings. The number of ether oxygens (including phenoxy) is 2. The Kier molecular flexibility index (Phi) is 8.43. The van der Waals surface area contributed by atoms with Crippen molar-refractivity contribution in [1.82, 2.24) is 19.2 Å². The van der Waals surface area contributed by atoms with Crippen LogP contribution in [0.15, 0.2) is 66.1 Å². The zero-order chi connectivity index (χ0) is 26.6. The zero-order valence-corrected chi connectivity index (χ0v) is 22.4. The van der Waals surface area contributed by atoms with Crippen LogP contribution in [-0.2, 0) is 16.6 Å². The van der Waals surface area contributed by atoms with E-state index in [1.165, 1.54) is 10.6 Å². The lowest BCUT2D eigenvalue weighted by Gasteiger charge is -2.37. The van der Waals surface area contributed by atoms with Crippen LogP contribution in [0.25, 0.3) is 11.1 Å². The minimum Gasteiger partial charge on any atom is -0.497 e. The molecular formula is C27H34N4O5S. The third kappa shape index (κ3) is 6.10. The molecule has 0 amide bonds. The normalized spacial score (nSPS) is 20.4. The Morgan fingerprint density at radius 3 is 2.62 bits per heavy atom. The SMILES string of the molecule is COc1cccc(-c2ccc3c(c2)O[C@H](CN(C)Cc2cncnc2)[C@H](C)CN([C@@H](C)CO)S3(=O)=O)c1. The van der Waals surface area contributed by atoms with Gasteiger partial charge in [0.25, 0.3) is 0 Å². The van der Waals surface area contributed by atoms with E-state index in [-0.39, 0.29) is 30.1 Å². The number of aliphatic hydroxyl groups excluding tert-OH is 1. The Morgan fingerprint density at radius 1 is 1.19 bits per heavy atom. The maximum Gasteiger partial charge on any atom is 0.247 e. The fourth-order valence-corrected chi connectivity index (χ4v) is 6.35. The zero-order valence-electron chi connectivity index (χ0n) is 21.6. The highest BCUT2D eigenvalue weighted by Gasteiger charge is 2.38. The molecule has 1 aliphatic heterocycles. The van der Waals surface area contributed by atoms with Crippen molar-refractivity contribution in [3.63, 3.8) is 0 Å². The van der Waals surface area contributed by atoms with Crippen LogP contribution < -0.4 is 9.47 Å². The summed E-state index contributed by atoms with van der Waals surface area (Å²) in [5, 5.41) is 9.86. The second kappa shape index (κ2) is 11.6. The maximum atomic E-state index is 13.7. The van der Waals surface area contributed by atoms with Gasteiger partial charge in [-0.2, -0.15) is 4.31 Å². The van der Waals surface area contributed by atoms with Gasteiger partial charge in [0.1, 0.15) is 28.8 Å².